The van der Waals surface area contributed by atoms with E-state index in [4.69, 9.17) is 11.6 Å². The van der Waals surface area contributed by atoms with E-state index in [-0.39, 0.29) is 5.25 Å². The molecular weight excluding hydrogens is 330 g/mol. The Morgan fingerprint density at radius 3 is 2.52 bits per heavy atom. The molecule has 0 radical (unpaired) electrons. The highest BCUT2D eigenvalue weighted by Gasteiger charge is 2.15. The van der Waals surface area contributed by atoms with Crippen LogP contribution in [0.1, 0.15) is 23.4 Å². The lowest BCUT2D eigenvalue weighted by Gasteiger charge is -2.10. The van der Waals surface area contributed by atoms with Gasteiger partial charge in [0.15, 0.2) is 0 Å². The van der Waals surface area contributed by atoms with Crippen LogP contribution >= 0.6 is 11.6 Å². The largest absolute Gasteiger partial charge is 0.259 e. The second-order valence-electron chi connectivity index (χ2n) is 5.21. The molecule has 23 heavy (non-hydrogen) atoms. The number of rotatable bonds is 5. The Hall–Kier alpha value is -1.98. The van der Waals surface area contributed by atoms with Crippen molar-refractivity contribution in [3.8, 4) is 5.69 Å². The van der Waals surface area contributed by atoms with Gasteiger partial charge in [0.25, 0.3) is 0 Å². The average Bonchev–Trinajstić information content (AvgIpc) is 3.04. The zero-order chi connectivity index (χ0) is 16.2. The third-order valence-electron chi connectivity index (χ3n) is 3.59. The summed E-state index contributed by atoms with van der Waals surface area (Å²) in [6, 6.07) is 17.2. The van der Waals surface area contributed by atoms with Crippen molar-refractivity contribution < 1.29 is 4.21 Å². The van der Waals surface area contributed by atoms with Crippen molar-refractivity contribution in [2.75, 3.05) is 0 Å². The summed E-state index contributed by atoms with van der Waals surface area (Å²) in [5.74, 6) is 0.379. The van der Waals surface area contributed by atoms with Crippen LogP contribution in [0, 0.1) is 0 Å². The van der Waals surface area contributed by atoms with Crippen LogP contribution < -0.4 is 0 Å². The lowest BCUT2D eigenvalue weighted by molar-refractivity contribution is 0.674. The summed E-state index contributed by atoms with van der Waals surface area (Å²) < 4.78 is 14.2. The van der Waals surface area contributed by atoms with Gasteiger partial charge in [-0.15, -0.1) is 5.10 Å². The molecule has 1 aromatic heterocycles. The van der Waals surface area contributed by atoms with Crippen LogP contribution in [0.15, 0.2) is 60.8 Å². The third-order valence-corrected chi connectivity index (χ3v) is 5.48. The summed E-state index contributed by atoms with van der Waals surface area (Å²) in [7, 11) is -1.05. The average molecular weight is 346 g/mol. The molecule has 118 valence electrons. The van der Waals surface area contributed by atoms with Crippen LogP contribution in [0.3, 0.4) is 0 Å². The molecule has 0 spiro atoms. The van der Waals surface area contributed by atoms with E-state index in [1.807, 2.05) is 49.4 Å². The number of hydrogen-bond donors (Lipinski definition) is 0. The lowest BCUT2D eigenvalue weighted by Crippen LogP contribution is -2.05. The molecule has 0 bridgehead atoms. The first-order valence-electron chi connectivity index (χ1n) is 7.23. The zero-order valence-corrected chi connectivity index (χ0v) is 14.2. The molecule has 3 rings (SSSR count). The van der Waals surface area contributed by atoms with Gasteiger partial charge in [0.05, 0.1) is 28.6 Å². The van der Waals surface area contributed by atoms with Gasteiger partial charge < -0.3 is 0 Å². The SMILES string of the molecule is CC(c1ccccc1)S(=O)Cc1cn(-c2ccc(Cl)cc2)nn1. The summed E-state index contributed by atoms with van der Waals surface area (Å²) in [5.41, 5.74) is 2.65. The molecule has 0 aliphatic carbocycles. The summed E-state index contributed by atoms with van der Waals surface area (Å²) in [6.07, 6.45) is 1.80. The molecule has 0 saturated heterocycles. The number of nitrogens with zero attached hydrogens (tertiary/aromatic N) is 3. The molecule has 2 aromatic carbocycles. The number of benzene rings is 2. The Morgan fingerprint density at radius 2 is 1.83 bits per heavy atom. The number of aromatic nitrogens is 3. The fourth-order valence-corrected chi connectivity index (χ4v) is 3.49. The van der Waals surface area contributed by atoms with Crippen molar-refractivity contribution in [2.24, 2.45) is 0 Å². The van der Waals surface area contributed by atoms with E-state index < -0.39 is 10.8 Å². The van der Waals surface area contributed by atoms with Gasteiger partial charge in [0.1, 0.15) is 0 Å². The highest BCUT2D eigenvalue weighted by atomic mass is 35.5. The molecule has 4 nitrogen and oxygen atoms in total. The minimum absolute atomic E-state index is 0.0446. The van der Waals surface area contributed by atoms with Crippen LogP contribution in [-0.2, 0) is 16.6 Å². The van der Waals surface area contributed by atoms with Crippen molar-refractivity contribution in [1.29, 1.82) is 0 Å². The number of halogens is 1. The van der Waals surface area contributed by atoms with Gasteiger partial charge >= 0.3 is 0 Å². The van der Waals surface area contributed by atoms with Gasteiger partial charge in [-0.3, -0.25) is 4.21 Å². The van der Waals surface area contributed by atoms with E-state index in [0.717, 1.165) is 11.3 Å². The van der Waals surface area contributed by atoms with Gasteiger partial charge in [-0.25, -0.2) is 4.68 Å². The minimum Gasteiger partial charge on any atom is -0.259 e. The van der Waals surface area contributed by atoms with Gasteiger partial charge in [0, 0.05) is 15.8 Å². The van der Waals surface area contributed by atoms with E-state index in [9.17, 15) is 4.21 Å². The van der Waals surface area contributed by atoms with Crippen LogP contribution in [-0.4, -0.2) is 19.2 Å². The topological polar surface area (TPSA) is 47.8 Å². The van der Waals surface area contributed by atoms with Gasteiger partial charge in [-0.1, -0.05) is 47.1 Å². The van der Waals surface area contributed by atoms with Crippen molar-refractivity contribution >= 4 is 22.4 Å². The van der Waals surface area contributed by atoms with E-state index in [0.29, 0.717) is 16.5 Å². The molecule has 1 heterocycles. The summed E-state index contributed by atoms with van der Waals surface area (Å²) in [5, 5.41) is 8.84. The molecule has 0 amide bonds. The zero-order valence-electron chi connectivity index (χ0n) is 12.6. The van der Waals surface area contributed by atoms with Gasteiger partial charge in [0.2, 0.25) is 0 Å². The number of hydrogen-bond acceptors (Lipinski definition) is 3. The standard InChI is InChI=1S/C17H16ClN3OS/c1-13(14-5-3-2-4-6-14)23(22)12-16-11-21(20-19-16)17-9-7-15(18)8-10-17/h2-11,13H,12H2,1H3. The quantitative estimate of drug-likeness (QED) is 0.704. The third kappa shape index (κ3) is 3.86. The minimum atomic E-state index is -1.05. The van der Waals surface area contributed by atoms with Crippen LogP contribution in [0.4, 0.5) is 0 Å². The second kappa shape index (κ2) is 7.06. The van der Waals surface area contributed by atoms with Crippen molar-refractivity contribution in [3.05, 3.63) is 77.1 Å². The maximum atomic E-state index is 12.5. The van der Waals surface area contributed by atoms with Crippen molar-refractivity contribution in [2.45, 2.75) is 17.9 Å². The first-order valence-corrected chi connectivity index (χ1v) is 8.99. The maximum absolute atomic E-state index is 12.5. The predicted molar refractivity (Wildman–Crippen MR) is 93.1 cm³/mol. The molecule has 3 aromatic rings. The molecule has 0 aliphatic heterocycles. The molecule has 0 aliphatic rings. The Morgan fingerprint density at radius 1 is 1.13 bits per heavy atom. The van der Waals surface area contributed by atoms with E-state index >= 15 is 0 Å². The van der Waals surface area contributed by atoms with E-state index in [1.165, 1.54) is 0 Å². The van der Waals surface area contributed by atoms with Crippen molar-refractivity contribution in [3.63, 3.8) is 0 Å². The molecule has 2 unspecified atom stereocenters. The van der Waals surface area contributed by atoms with Gasteiger partial charge in [-0.05, 0) is 36.8 Å². The molecule has 0 fully saturated rings. The van der Waals surface area contributed by atoms with E-state index in [2.05, 4.69) is 10.3 Å². The molecule has 0 N–H and O–H groups in total. The summed E-state index contributed by atoms with van der Waals surface area (Å²) >= 11 is 5.88. The van der Waals surface area contributed by atoms with Crippen molar-refractivity contribution in [1.82, 2.24) is 15.0 Å². The molecular formula is C17H16ClN3OS. The van der Waals surface area contributed by atoms with Crippen LogP contribution in [0.5, 0.6) is 0 Å². The Labute approximate surface area is 142 Å². The maximum Gasteiger partial charge on any atom is 0.0956 e. The highest BCUT2D eigenvalue weighted by molar-refractivity contribution is 7.84. The Bertz CT molecular complexity index is 802. The highest BCUT2D eigenvalue weighted by Crippen LogP contribution is 2.21. The fraction of sp³-hybridized carbons (Fsp3) is 0.176. The normalized spacial score (nSPS) is 13.7. The first-order chi connectivity index (χ1) is 11.1. The van der Waals surface area contributed by atoms with Crippen LogP contribution in [0.25, 0.3) is 5.69 Å². The molecule has 6 heteroatoms. The monoisotopic (exact) mass is 345 g/mol. The van der Waals surface area contributed by atoms with Gasteiger partial charge in [-0.2, -0.15) is 0 Å². The van der Waals surface area contributed by atoms with Crippen LogP contribution in [0.2, 0.25) is 5.02 Å². The molecule has 0 saturated carbocycles. The fourth-order valence-electron chi connectivity index (χ4n) is 2.23. The summed E-state index contributed by atoms with van der Waals surface area (Å²) in [6.45, 7) is 1.97. The Balaban J connectivity index is 1.71. The first kappa shape index (κ1) is 15.9. The second-order valence-corrected chi connectivity index (χ2v) is 7.40. The predicted octanol–water partition coefficient (Wildman–Crippen LogP) is 3.93. The smallest absolute Gasteiger partial charge is 0.0956 e. The lowest BCUT2D eigenvalue weighted by atomic mass is 10.2. The summed E-state index contributed by atoms with van der Waals surface area (Å²) in [4.78, 5) is 0. The molecule has 2 atom stereocenters. The Kier molecular flexibility index (Phi) is 4.88. The van der Waals surface area contributed by atoms with E-state index in [1.54, 1.807) is 23.0 Å².